The van der Waals surface area contributed by atoms with Gasteiger partial charge in [0.15, 0.2) is 0 Å². The van der Waals surface area contributed by atoms with Crippen molar-refractivity contribution < 1.29 is 8.42 Å². The van der Waals surface area contributed by atoms with E-state index in [1.807, 2.05) is 24.3 Å². The van der Waals surface area contributed by atoms with Gasteiger partial charge in [-0.15, -0.1) is 0 Å². The van der Waals surface area contributed by atoms with Crippen molar-refractivity contribution in [3.05, 3.63) is 64.2 Å². The molecule has 1 fully saturated rings. The predicted octanol–water partition coefficient (Wildman–Crippen LogP) is 5.35. The summed E-state index contributed by atoms with van der Waals surface area (Å²) in [6, 6.07) is 14.6. The summed E-state index contributed by atoms with van der Waals surface area (Å²) in [7, 11) is -3.50. The lowest BCUT2D eigenvalue weighted by Crippen LogP contribution is -2.40. The Hall–Kier alpha value is -1.67. The highest BCUT2D eigenvalue weighted by molar-refractivity contribution is 9.10. The van der Waals surface area contributed by atoms with E-state index in [4.69, 9.17) is 11.6 Å². The van der Waals surface area contributed by atoms with Crippen LogP contribution in [0.3, 0.4) is 0 Å². The number of halogens is 2. The van der Waals surface area contributed by atoms with Gasteiger partial charge in [0.05, 0.1) is 10.4 Å². The van der Waals surface area contributed by atoms with Gasteiger partial charge in [-0.1, -0.05) is 27.5 Å². The van der Waals surface area contributed by atoms with Gasteiger partial charge in [-0.25, -0.2) is 13.1 Å². The third-order valence-corrected chi connectivity index (χ3v) is 7.54. The lowest BCUT2D eigenvalue weighted by molar-refractivity contribution is 0.387. The minimum absolute atomic E-state index is 0.0466. The van der Waals surface area contributed by atoms with Crippen LogP contribution in [0.5, 0.6) is 0 Å². The van der Waals surface area contributed by atoms with E-state index in [2.05, 4.69) is 31.0 Å². The molecule has 0 atom stereocenters. The highest BCUT2D eigenvalue weighted by atomic mass is 79.9. The van der Waals surface area contributed by atoms with E-state index >= 15 is 0 Å². The first-order valence-corrected chi connectivity index (χ1v) is 12.1. The highest BCUT2D eigenvalue weighted by Gasteiger charge is 2.26. The van der Waals surface area contributed by atoms with Crippen molar-refractivity contribution in [3.63, 3.8) is 0 Å². The number of anilines is 1. The van der Waals surface area contributed by atoms with Gasteiger partial charge in [0.25, 0.3) is 0 Å². The van der Waals surface area contributed by atoms with Crippen LogP contribution in [0.25, 0.3) is 10.9 Å². The van der Waals surface area contributed by atoms with Gasteiger partial charge in [0, 0.05) is 38.8 Å². The second kappa shape index (κ2) is 8.60. The Bertz CT molecular complexity index is 1110. The summed E-state index contributed by atoms with van der Waals surface area (Å²) in [6.07, 6.45) is 5.15. The zero-order valence-corrected chi connectivity index (χ0v) is 18.8. The van der Waals surface area contributed by atoms with Crippen LogP contribution in [-0.2, 0) is 10.0 Å². The topological polar surface area (TPSA) is 71.1 Å². The fraction of sp³-hybridized carbons (Fsp3) is 0.286. The Balaban J connectivity index is 1.38. The maximum Gasteiger partial charge on any atom is 0.240 e. The van der Waals surface area contributed by atoms with Gasteiger partial charge in [-0.2, -0.15) is 0 Å². The molecule has 29 heavy (non-hydrogen) atoms. The fourth-order valence-corrected chi connectivity index (χ4v) is 5.46. The molecule has 8 heteroatoms. The van der Waals surface area contributed by atoms with E-state index in [9.17, 15) is 8.42 Å². The number of aromatic nitrogens is 1. The minimum atomic E-state index is -3.50. The van der Waals surface area contributed by atoms with Crippen LogP contribution in [-0.4, -0.2) is 25.5 Å². The van der Waals surface area contributed by atoms with E-state index in [0.717, 1.165) is 46.7 Å². The number of hydrogen-bond acceptors (Lipinski definition) is 4. The summed E-state index contributed by atoms with van der Waals surface area (Å²) in [6.45, 7) is 0. The first kappa shape index (κ1) is 20.6. The summed E-state index contributed by atoms with van der Waals surface area (Å²) in [5.41, 5.74) is 1.89. The molecule has 5 nitrogen and oxygen atoms in total. The standard InChI is InChI=1S/C21H21BrClN3O2S/c22-14-1-8-18(9-2-14)29(27,28)26-17-6-4-16(5-7-17)25-20-11-12-24-21-13-15(23)3-10-19(20)21/h1-3,8-13,16-17,26H,4-7H2,(H,24,25)/t16-,17+. The van der Waals surface area contributed by atoms with Crippen molar-refractivity contribution in [2.45, 2.75) is 42.7 Å². The summed E-state index contributed by atoms with van der Waals surface area (Å²) in [4.78, 5) is 4.67. The Labute approximate surface area is 184 Å². The van der Waals surface area contributed by atoms with Crippen LogP contribution in [0.2, 0.25) is 5.02 Å². The molecule has 152 valence electrons. The maximum atomic E-state index is 12.6. The zero-order chi connectivity index (χ0) is 20.4. The normalized spacial score (nSPS) is 19.9. The van der Waals surface area contributed by atoms with Crippen LogP contribution < -0.4 is 10.0 Å². The molecule has 2 N–H and O–H groups in total. The fourth-order valence-electron chi connectivity index (χ4n) is 3.72. The van der Waals surface area contributed by atoms with Gasteiger partial charge < -0.3 is 5.32 Å². The van der Waals surface area contributed by atoms with Crippen molar-refractivity contribution in [3.8, 4) is 0 Å². The molecule has 1 saturated carbocycles. The Kier molecular flexibility index (Phi) is 6.11. The molecule has 0 spiro atoms. The van der Waals surface area contributed by atoms with E-state index < -0.39 is 10.0 Å². The highest BCUT2D eigenvalue weighted by Crippen LogP contribution is 2.28. The molecule has 3 aromatic rings. The first-order chi connectivity index (χ1) is 13.9. The van der Waals surface area contributed by atoms with E-state index in [1.54, 1.807) is 30.5 Å². The van der Waals surface area contributed by atoms with Gasteiger partial charge in [0.2, 0.25) is 10.0 Å². The minimum Gasteiger partial charge on any atom is -0.382 e. The SMILES string of the molecule is O=S(=O)(N[C@H]1CC[C@@H](Nc2ccnc3cc(Cl)ccc23)CC1)c1ccc(Br)cc1. The molecule has 2 aromatic carbocycles. The molecular formula is C21H21BrClN3O2S. The Morgan fingerprint density at radius 1 is 0.966 bits per heavy atom. The lowest BCUT2D eigenvalue weighted by atomic mass is 9.91. The third-order valence-electron chi connectivity index (χ3n) is 5.24. The van der Waals surface area contributed by atoms with Crippen molar-refractivity contribution in [1.82, 2.24) is 9.71 Å². The van der Waals surface area contributed by atoms with Gasteiger partial charge >= 0.3 is 0 Å². The van der Waals surface area contributed by atoms with Crippen LogP contribution in [0.1, 0.15) is 25.7 Å². The summed E-state index contributed by atoms with van der Waals surface area (Å²) in [5.74, 6) is 0. The smallest absolute Gasteiger partial charge is 0.240 e. The molecule has 1 heterocycles. The number of hydrogen-bond donors (Lipinski definition) is 2. The molecule has 0 unspecified atom stereocenters. The second-order valence-corrected chi connectivity index (χ2v) is 10.4. The first-order valence-electron chi connectivity index (χ1n) is 9.49. The van der Waals surface area contributed by atoms with Crippen molar-refractivity contribution >= 4 is 54.1 Å². The van der Waals surface area contributed by atoms with Crippen molar-refractivity contribution in [2.75, 3.05) is 5.32 Å². The molecule has 0 saturated heterocycles. The molecule has 1 aliphatic carbocycles. The molecule has 1 aliphatic rings. The van der Waals surface area contributed by atoms with Gasteiger partial charge in [-0.05, 0) is 74.2 Å². The van der Waals surface area contributed by atoms with E-state index in [0.29, 0.717) is 16.0 Å². The average Bonchev–Trinajstić information content (AvgIpc) is 2.69. The molecule has 0 amide bonds. The van der Waals surface area contributed by atoms with E-state index in [-0.39, 0.29) is 6.04 Å². The molecule has 1 aromatic heterocycles. The number of nitrogens with zero attached hydrogens (tertiary/aromatic N) is 1. The van der Waals surface area contributed by atoms with Crippen LogP contribution >= 0.6 is 27.5 Å². The number of nitrogens with one attached hydrogen (secondary N) is 2. The summed E-state index contributed by atoms with van der Waals surface area (Å²) in [5, 5.41) is 5.30. The molecule has 0 aliphatic heterocycles. The predicted molar refractivity (Wildman–Crippen MR) is 121 cm³/mol. The van der Waals surface area contributed by atoms with E-state index in [1.165, 1.54) is 0 Å². The Morgan fingerprint density at radius 2 is 1.66 bits per heavy atom. The molecular weight excluding hydrogens is 474 g/mol. The number of benzene rings is 2. The van der Waals surface area contributed by atoms with Gasteiger partial charge in [0.1, 0.15) is 0 Å². The number of pyridine rings is 1. The monoisotopic (exact) mass is 493 g/mol. The van der Waals surface area contributed by atoms with Crippen LogP contribution in [0, 0.1) is 0 Å². The number of rotatable bonds is 5. The van der Waals surface area contributed by atoms with Crippen molar-refractivity contribution in [1.29, 1.82) is 0 Å². The van der Waals surface area contributed by atoms with Gasteiger partial charge in [-0.3, -0.25) is 4.98 Å². The molecule has 4 rings (SSSR count). The van der Waals surface area contributed by atoms with Crippen LogP contribution in [0.15, 0.2) is 64.1 Å². The quantitative estimate of drug-likeness (QED) is 0.501. The summed E-state index contributed by atoms with van der Waals surface area (Å²) < 4.78 is 28.9. The van der Waals surface area contributed by atoms with Crippen molar-refractivity contribution in [2.24, 2.45) is 0 Å². The zero-order valence-electron chi connectivity index (χ0n) is 15.6. The summed E-state index contributed by atoms with van der Waals surface area (Å²) >= 11 is 9.40. The molecule has 0 bridgehead atoms. The average molecular weight is 495 g/mol. The largest absolute Gasteiger partial charge is 0.382 e. The Morgan fingerprint density at radius 3 is 2.38 bits per heavy atom. The third kappa shape index (κ3) is 4.91. The van der Waals surface area contributed by atoms with Crippen LogP contribution in [0.4, 0.5) is 5.69 Å². The number of fused-ring (bicyclic) bond motifs is 1. The lowest BCUT2D eigenvalue weighted by Gasteiger charge is -2.30. The maximum absolute atomic E-state index is 12.6. The second-order valence-electron chi connectivity index (χ2n) is 7.29. The number of sulfonamides is 1. The molecule has 0 radical (unpaired) electrons.